The molecule has 2 N–H and O–H groups in total. The number of thioether (sulfide) groups is 1. The number of hydrogen-bond donors (Lipinski definition) is 2. The SMILES string of the molecule is CN=C(NCC1(SC)CCOCC1)NCC1(c2ccccc2)CCCC1. The number of ether oxygens (including phenoxy) is 1. The lowest BCUT2D eigenvalue weighted by atomic mass is 9.79. The van der Waals surface area contributed by atoms with Crippen LogP contribution in [-0.4, -0.2) is 50.3 Å². The average molecular weight is 376 g/mol. The van der Waals surface area contributed by atoms with E-state index < -0.39 is 0 Å². The molecular weight excluding hydrogens is 342 g/mol. The third-order valence-electron chi connectivity index (χ3n) is 6.18. The summed E-state index contributed by atoms with van der Waals surface area (Å²) in [4.78, 5) is 4.48. The van der Waals surface area contributed by atoms with E-state index in [9.17, 15) is 0 Å². The van der Waals surface area contributed by atoms with E-state index >= 15 is 0 Å². The van der Waals surface area contributed by atoms with Gasteiger partial charge in [-0.1, -0.05) is 43.2 Å². The summed E-state index contributed by atoms with van der Waals surface area (Å²) in [5.74, 6) is 0.923. The number of rotatable bonds is 6. The number of guanidine groups is 1. The van der Waals surface area contributed by atoms with Gasteiger partial charge in [0.05, 0.1) is 0 Å². The number of nitrogens with one attached hydrogen (secondary N) is 2. The Labute approximate surface area is 162 Å². The van der Waals surface area contributed by atoms with E-state index in [1.54, 1.807) is 0 Å². The molecule has 5 heteroatoms. The van der Waals surface area contributed by atoms with E-state index in [1.807, 2.05) is 18.8 Å². The van der Waals surface area contributed by atoms with Crippen molar-refractivity contribution < 1.29 is 4.74 Å². The van der Waals surface area contributed by atoms with Crippen LogP contribution in [0.3, 0.4) is 0 Å². The van der Waals surface area contributed by atoms with E-state index in [1.165, 1.54) is 31.2 Å². The summed E-state index contributed by atoms with van der Waals surface area (Å²) in [6.45, 7) is 3.62. The first-order chi connectivity index (χ1) is 12.7. The number of hydrogen-bond acceptors (Lipinski definition) is 3. The van der Waals surface area contributed by atoms with Gasteiger partial charge in [-0.3, -0.25) is 4.99 Å². The second-order valence-corrected chi connectivity index (χ2v) is 8.91. The Kier molecular flexibility index (Phi) is 6.87. The lowest BCUT2D eigenvalue weighted by Gasteiger charge is -2.36. The normalized spacial score (nSPS) is 22.2. The monoisotopic (exact) mass is 375 g/mol. The van der Waals surface area contributed by atoms with Crippen molar-refractivity contribution in [1.29, 1.82) is 0 Å². The van der Waals surface area contributed by atoms with Crippen LogP contribution in [0.2, 0.25) is 0 Å². The van der Waals surface area contributed by atoms with Crippen LogP contribution in [0.4, 0.5) is 0 Å². The molecule has 0 radical (unpaired) electrons. The Balaban J connectivity index is 1.59. The highest BCUT2D eigenvalue weighted by Gasteiger charge is 2.36. The minimum Gasteiger partial charge on any atom is -0.381 e. The molecule has 1 aromatic carbocycles. The Hall–Kier alpha value is -1.20. The molecule has 144 valence electrons. The first-order valence-corrected chi connectivity index (χ1v) is 11.1. The number of aliphatic imine (C=N–C) groups is 1. The molecule has 0 atom stereocenters. The summed E-state index contributed by atoms with van der Waals surface area (Å²) < 4.78 is 5.81. The zero-order valence-electron chi connectivity index (χ0n) is 16.2. The summed E-state index contributed by atoms with van der Waals surface area (Å²) in [6.07, 6.45) is 9.57. The molecule has 26 heavy (non-hydrogen) atoms. The van der Waals surface area contributed by atoms with Gasteiger partial charge in [0.25, 0.3) is 0 Å². The molecule has 0 bridgehead atoms. The maximum absolute atomic E-state index is 5.55. The van der Waals surface area contributed by atoms with Crippen molar-refractivity contribution in [3.63, 3.8) is 0 Å². The zero-order chi connectivity index (χ0) is 18.3. The van der Waals surface area contributed by atoms with Gasteiger partial charge in [0.2, 0.25) is 0 Å². The first-order valence-electron chi connectivity index (χ1n) is 9.85. The molecule has 2 aliphatic rings. The molecule has 0 amide bonds. The van der Waals surface area contributed by atoms with Crippen molar-refractivity contribution in [3.8, 4) is 0 Å². The molecular formula is C21H33N3OS. The minimum atomic E-state index is 0.245. The Morgan fingerprint density at radius 3 is 2.31 bits per heavy atom. The van der Waals surface area contributed by atoms with Crippen LogP contribution in [0, 0.1) is 0 Å². The van der Waals surface area contributed by atoms with Gasteiger partial charge < -0.3 is 15.4 Å². The molecule has 4 nitrogen and oxygen atoms in total. The Morgan fingerprint density at radius 1 is 1.04 bits per heavy atom. The van der Waals surface area contributed by atoms with Crippen LogP contribution in [0.5, 0.6) is 0 Å². The van der Waals surface area contributed by atoms with Crippen molar-refractivity contribution >= 4 is 17.7 Å². The van der Waals surface area contributed by atoms with Crippen LogP contribution in [0.15, 0.2) is 35.3 Å². The second kappa shape index (κ2) is 9.14. The van der Waals surface area contributed by atoms with Gasteiger partial charge in [-0.25, -0.2) is 0 Å². The number of benzene rings is 1. The fraction of sp³-hybridized carbons (Fsp3) is 0.667. The summed E-state index contributed by atoms with van der Waals surface area (Å²) in [6, 6.07) is 11.0. The van der Waals surface area contributed by atoms with Gasteiger partial charge in [-0.15, -0.1) is 0 Å². The van der Waals surface area contributed by atoms with E-state index in [0.717, 1.165) is 45.1 Å². The molecule has 0 unspecified atom stereocenters. The van der Waals surface area contributed by atoms with Crippen molar-refractivity contribution in [3.05, 3.63) is 35.9 Å². The smallest absolute Gasteiger partial charge is 0.191 e. The van der Waals surface area contributed by atoms with Gasteiger partial charge in [-0.05, 0) is 37.5 Å². The van der Waals surface area contributed by atoms with Crippen molar-refractivity contribution in [2.75, 3.05) is 39.6 Å². The van der Waals surface area contributed by atoms with Crippen LogP contribution in [0.1, 0.15) is 44.1 Å². The zero-order valence-corrected chi connectivity index (χ0v) is 17.0. The van der Waals surface area contributed by atoms with Crippen molar-refractivity contribution in [2.45, 2.75) is 48.7 Å². The van der Waals surface area contributed by atoms with Crippen molar-refractivity contribution in [1.82, 2.24) is 10.6 Å². The highest BCUT2D eigenvalue weighted by molar-refractivity contribution is 8.00. The molecule has 1 aromatic rings. The largest absolute Gasteiger partial charge is 0.381 e. The molecule has 0 spiro atoms. The van der Waals surface area contributed by atoms with Gasteiger partial charge in [0.15, 0.2) is 5.96 Å². The predicted molar refractivity (Wildman–Crippen MR) is 112 cm³/mol. The first kappa shape index (κ1) is 19.6. The number of nitrogens with zero attached hydrogens (tertiary/aromatic N) is 1. The maximum Gasteiger partial charge on any atom is 0.191 e. The molecule has 2 fully saturated rings. The van der Waals surface area contributed by atoms with E-state index in [2.05, 4.69) is 52.2 Å². The Morgan fingerprint density at radius 2 is 1.69 bits per heavy atom. The molecule has 1 heterocycles. The van der Waals surface area contributed by atoms with E-state index in [-0.39, 0.29) is 10.2 Å². The van der Waals surface area contributed by atoms with Crippen LogP contribution >= 0.6 is 11.8 Å². The minimum absolute atomic E-state index is 0.245. The second-order valence-electron chi connectivity index (χ2n) is 7.63. The third kappa shape index (κ3) is 4.55. The molecule has 3 rings (SSSR count). The molecule has 1 aliphatic heterocycles. The van der Waals surface area contributed by atoms with Crippen LogP contribution < -0.4 is 10.6 Å². The Bertz CT molecular complexity index is 578. The molecule has 0 aromatic heterocycles. The summed E-state index contributed by atoms with van der Waals surface area (Å²) in [5, 5.41) is 7.22. The predicted octanol–water partition coefficient (Wildman–Crippen LogP) is 3.58. The highest BCUT2D eigenvalue weighted by Crippen LogP contribution is 2.40. The van der Waals surface area contributed by atoms with Gasteiger partial charge in [0, 0.05) is 43.5 Å². The quantitative estimate of drug-likeness (QED) is 0.589. The van der Waals surface area contributed by atoms with Crippen molar-refractivity contribution in [2.24, 2.45) is 4.99 Å². The lowest BCUT2D eigenvalue weighted by molar-refractivity contribution is 0.0783. The summed E-state index contributed by atoms with van der Waals surface area (Å²) >= 11 is 1.96. The topological polar surface area (TPSA) is 45.7 Å². The average Bonchev–Trinajstić information content (AvgIpc) is 3.20. The van der Waals surface area contributed by atoms with E-state index in [4.69, 9.17) is 4.74 Å². The molecule has 1 saturated carbocycles. The summed E-state index contributed by atoms with van der Waals surface area (Å²) in [7, 11) is 1.87. The molecule has 1 aliphatic carbocycles. The van der Waals surface area contributed by atoms with E-state index in [0.29, 0.717) is 0 Å². The van der Waals surface area contributed by atoms with Gasteiger partial charge in [0.1, 0.15) is 0 Å². The maximum atomic E-state index is 5.55. The highest BCUT2D eigenvalue weighted by atomic mass is 32.2. The van der Waals surface area contributed by atoms with Crippen LogP contribution in [-0.2, 0) is 10.2 Å². The fourth-order valence-electron chi connectivity index (χ4n) is 4.33. The molecule has 1 saturated heterocycles. The third-order valence-corrected chi connectivity index (χ3v) is 7.60. The standard InChI is InChI=1S/C21H33N3OS/c1-22-19(24-17-21(26-2)12-14-25-15-13-21)23-16-20(10-6-7-11-20)18-8-4-3-5-9-18/h3-5,8-9H,6-7,10-17H2,1-2H3,(H2,22,23,24). The van der Waals surface area contributed by atoms with Gasteiger partial charge >= 0.3 is 0 Å². The van der Waals surface area contributed by atoms with Crippen LogP contribution in [0.25, 0.3) is 0 Å². The lowest BCUT2D eigenvalue weighted by Crippen LogP contribution is -2.50. The van der Waals surface area contributed by atoms with Gasteiger partial charge in [-0.2, -0.15) is 11.8 Å². The fourth-order valence-corrected chi connectivity index (χ4v) is 5.12. The summed E-state index contributed by atoms with van der Waals surface area (Å²) in [5.41, 5.74) is 1.71.